The largest absolute Gasteiger partial charge is 0.486 e. The number of esters is 1. The summed E-state index contributed by atoms with van der Waals surface area (Å²) in [5, 5.41) is 2.96. The van der Waals surface area contributed by atoms with Crippen molar-refractivity contribution in [1.29, 1.82) is 0 Å². The molecule has 3 aliphatic heterocycles. The predicted molar refractivity (Wildman–Crippen MR) is 153 cm³/mol. The number of fused-ring (bicyclic) bond motifs is 1. The number of nitrogens with one attached hydrogen (secondary N) is 1. The van der Waals surface area contributed by atoms with Crippen LogP contribution in [0.3, 0.4) is 0 Å². The lowest BCUT2D eigenvalue weighted by atomic mass is 9.76. The molecule has 6 rings (SSSR count). The van der Waals surface area contributed by atoms with E-state index in [0.717, 1.165) is 5.56 Å². The van der Waals surface area contributed by atoms with Crippen molar-refractivity contribution in [2.24, 2.45) is 0 Å². The van der Waals surface area contributed by atoms with Crippen molar-refractivity contribution in [3.8, 4) is 11.5 Å². The summed E-state index contributed by atoms with van der Waals surface area (Å²) in [6.45, 7) is 1.26. The van der Waals surface area contributed by atoms with E-state index in [1.807, 2.05) is 30.3 Å². The van der Waals surface area contributed by atoms with Gasteiger partial charge in [0, 0.05) is 35.6 Å². The van der Waals surface area contributed by atoms with Gasteiger partial charge in [-0.15, -0.1) is 12.4 Å². The molecular formula is C32H26ClF5N2O5. The minimum absolute atomic E-state index is 0. The van der Waals surface area contributed by atoms with E-state index in [1.165, 1.54) is 6.92 Å². The second-order valence-corrected chi connectivity index (χ2v) is 10.6. The van der Waals surface area contributed by atoms with Crippen LogP contribution >= 0.6 is 12.4 Å². The summed E-state index contributed by atoms with van der Waals surface area (Å²) in [6, 6.07) is 16.0. The maximum absolute atomic E-state index is 15.3. The highest BCUT2D eigenvalue weighted by molar-refractivity contribution is 6.04. The lowest BCUT2D eigenvalue weighted by Gasteiger charge is -2.38. The average Bonchev–Trinajstić information content (AvgIpc) is 3.02. The van der Waals surface area contributed by atoms with Crippen molar-refractivity contribution in [2.75, 3.05) is 26.3 Å². The van der Waals surface area contributed by atoms with E-state index in [1.54, 1.807) is 29.2 Å². The Balaban J connectivity index is 0.00000400. The van der Waals surface area contributed by atoms with Crippen LogP contribution in [0.5, 0.6) is 11.5 Å². The molecule has 0 saturated heterocycles. The summed E-state index contributed by atoms with van der Waals surface area (Å²) in [6.07, 6.45) is -0.753. The normalized spacial score (nSPS) is 19.5. The van der Waals surface area contributed by atoms with Gasteiger partial charge in [-0.1, -0.05) is 42.5 Å². The number of allylic oxidation sites excluding steroid dienone is 1. The van der Waals surface area contributed by atoms with Crippen LogP contribution in [0, 0.1) is 29.1 Å². The number of hydrogen-bond donors (Lipinski definition) is 1. The molecule has 0 aromatic heterocycles. The molecule has 0 bridgehead atoms. The number of halogens is 6. The lowest BCUT2D eigenvalue weighted by molar-refractivity contribution is -0.142. The zero-order valence-corrected chi connectivity index (χ0v) is 24.5. The summed E-state index contributed by atoms with van der Waals surface area (Å²) in [7, 11) is 0. The maximum atomic E-state index is 15.3. The summed E-state index contributed by atoms with van der Waals surface area (Å²) in [5.41, 5.74) is -0.943. The fraction of sp³-hybridized carbons (Fsp3) is 0.250. The van der Waals surface area contributed by atoms with E-state index in [9.17, 15) is 22.8 Å². The minimum atomic E-state index is -2.35. The first-order chi connectivity index (χ1) is 21.1. The molecule has 0 fully saturated rings. The van der Waals surface area contributed by atoms with Gasteiger partial charge in [0.2, 0.25) is 5.82 Å². The van der Waals surface area contributed by atoms with E-state index in [0.29, 0.717) is 18.0 Å². The van der Waals surface area contributed by atoms with Gasteiger partial charge in [0.25, 0.3) is 0 Å². The first-order valence-corrected chi connectivity index (χ1v) is 13.7. The first-order valence-electron chi connectivity index (χ1n) is 13.7. The minimum Gasteiger partial charge on any atom is -0.486 e. The highest BCUT2D eigenvalue weighted by Crippen LogP contribution is 2.44. The highest BCUT2D eigenvalue weighted by Gasteiger charge is 2.45. The highest BCUT2D eigenvalue weighted by atomic mass is 35.5. The molecule has 2 unspecified atom stereocenters. The van der Waals surface area contributed by atoms with Crippen LogP contribution in [0.15, 0.2) is 77.1 Å². The predicted octanol–water partition coefficient (Wildman–Crippen LogP) is 5.49. The van der Waals surface area contributed by atoms with E-state index >= 15 is 8.78 Å². The molecule has 3 aromatic rings. The number of hydrogen-bond acceptors (Lipinski definition) is 7. The Labute approximate surface area is 260 Å². The molecule has 3 aliphatic rings. The van der Waals surface area contributed by atoms with Crippen LogP contribution in [0.1, 0.15) is 24.0 Å². The van der Waals surface area contributed by atoms with Crippen molar-refractivity contribution in [1.82, 2.24) is 10.2 Å². The summed E-state index contributed by atoms with van der Waals surface area (Å²) < 4.78 is 90.5. The Morgan fingerprint density at radius 2 is 1.53 bits per heavy atom. The second-order valence-electron chi connectivity index (χ2n) is 10.6. The molecule has 45 heavy (non-hydrogen) atoms. The number of benzene rings is 3. The molecule has 1 N–H and O–H groups in total. The zero-order chi connectivity index (χ0) is 31.1. The van der Waals surface area contributed by atoms with Gasteiger partial charge in [0.05, 0.1) is 18.0 Å². The van der Waals surface area contributed by atoms with Crippen molar-refractivity contribution in [3.05, 3.63) is 117 Å². The van der Waals surface area contributed by atoms with E-state index in [4.69, 9.17) is 14.2 Å². The number of carbonyl (C=O) groups is 2. The molecule has 0 spiro atoms. The SMILES string of the molecule is CC1=C(C(=O)OCC2COc3ccccc3O2)C(c2c(F)c(F)c(F)c(F)c2F)C2=C(CN(Cc3ccccc3)CC2=O)N1.Cl. The van der Waals surface area contributed by atoms with Crippen molar-refractivity contribution in [2.45, 2.75) is 25.5 Å². The van der Waals surface area contributed by atoms with E-state index < -0.39 is 64.0 Å². The van der Waals surface area contributed by atoms with Crippen LogP contribution in [0.2, 0.25) is 0 Å². The van der Waals surface area contributed by atoms with E-state index in [2.05, 4.69) is 5.32 Å². The fourth-order valence-electron chi connectivity index (χ4n) is 5.70. The topological polar surface area (TPSA) is 77.1 Å². The van der Waals surface area contributed by atoms with Crippen LogP contribution in [0.25, 0.3) is 0 Å². The monoisotopic (exact) mass is 648 g/mol. The third-order valence-corrected chi connectivity index (χ3v) is 7.66. The molecule has 236 valence electrons. The van der Waals surface area contributed by atoms with Gasteiger partial charge in [0.15, 0.2) is 46.7 Å². The molecule has 0 amide bonds. The third-order valence-electron chi connectivity index (χ3n) is 7.66. The van der Waals surface area contributed by atoms with Gasteiger partial charge < -0.3 is 19.5 Å². The number of carbonyl (C=O) groups excluding carboxylic acids is 2. The Bertz CT molecular complexity index is 1700. The van der Waals surface area contributed by atoms with Crippen molar-refractivity contribution >= 4 is 24.2 Å². The standard InChI is InChI=1S/C32H25F5N2O5.ClH/c1-16-23(32(41)43-15-18-14-42-21-9-5-6-10-22(21)44-18)25(26-27(33)29(35)31(37)30(36)28(26)34)24-19(38-16)12-39(13-20(24)40)11-17-7-3-2-4-8-17;/h2-10,18,25,38H,11-15H2,1H3;1H. The fourth-order valence-corrected chi connectivity index (χ4v) is 5.70. The summed E-state index contributed by atoms with van der Waals surface area (Å²) in [5.74, 6) is -13.8. The van der Waals surface area contributed by atoms with Crippen LogP contribution in [0.4, 0.5) is 22.0 Å². The average molecular weight is 649 g/mol. The van der Waals surface area contributed by atoms with Crippen LogP contribution in [-0.2, 0) is 20.9 Å². The van der Waals surface area contributed by atoms with Crippen molar-refractivity contribution < 1.29 is 45.8 Å². The Hall–Kier alpha value is -4.42. The smallest absolute Gasteiger partial charge is 0.336 e. The van der Waals surface area contributed by atoms with Crippen molar-refractivity contribution in [3.63, 3.8) is 0 Å². The van der Waals surface area contributed by atoms with Gasteiger partial charge in [-0.25, -0.2) is 26.7 Å². The molecular weight excluding hydrogens is 623 g/mol. The number of rotatable bonds is 6. The lowest BCUT2D eigenvalue weighted by Crippen LogP contribution is -2.45. The summed E-state index contributed by atoms with van der Waals surface area (Å²) >= 11 is 0. The molecule has 3 aromatic carbocycles. The first kappa shape index (κ1) is 32.0. The van der Waals surface area contributed by atoms with Gasteiger partial charge in [-0.2, -0.15) is 0 Å². The molecule has 0 radical (unpaired) electrons. The number of ketones is 1. The molecule has 13 heteroatoms. The molecule has 7 nitrogen and oxygen atoms in total. The zero-order valence-electron chi connectivity index (χ0n) is 23.7. The number of dihydropyridines is 1. The number of para-hydroxylation sites is 2. The van der Waals surface area contributed by atoms with E-state index in [-0.39, 0.29) is 55.7 Å². The van der Waals surface area contributed by atoms with Crippen LogP contribution < -0.4 is 14.8 Å². The molecule has 0 saturated carbocycles. The molecule has 0 aliphatic carbocycles. The second kappa shape index (κ2) is 12.9. The number of ether oxygens (including phenoxy) is 3. The Kier molecular flexibility index (Phi) is 9.17. The Morgan fingerprint density at radius 1 is 0.911 bits per heavy atom. The van der Waals surface area contributed by atoms with Gasteiger partial charge in [0.1, 0.15) is 13.2 Å². The molecule has 2 atom stereocenters. The quantitative estimate of drug-likeness (QED) is 0.164. The molecule has 3 heterocycles. The summed E-state index contributed by atoms with van der Waals surface area (Å²) in [4.78, 5) is 28.9. The van der Waals surface area contributed by atoms with Gasteiger partial charge in [-0.05, 0) is 24.6 Å². The van der Waals surface area contributed by atoms with Gasteiger partial charge >= 0.3 is 5.97 Å². The number of Topliss-reactive ketones (excluding diaryl/α,β-unsaturated/α-hetero) is 1. The van der Waals surface area contributed by atoms with Gasteiger partial charge in [-0.3, -0.25) is 9.69 Å². The Morgan fingerprint density at radius 3 is 2.22 bits per heavy atom. The van der Waals surface area contributed by atoms with Crippen LogP contribution in [-0.4, -0.2) is 49.1 Å². The third kappa shape index (κ3) is 5.99. The maximum Gasteiger partial charge on any atom is 0.336 e. The number of nitrogens with zero attached hydrogens (tertiary/aromatic N) is 1.